The van der Waals surface area contributed by atoms with Crippen LogP contribution in [-0.2, 0) is 9.47 Å². The van der Waals surface area contributed by atoms with Crippen molar-refractivity contribution in [2.75, 3.05) is 13.2 Å². The van der Waals surface area contributed by atoms with Crippen molar-refractivity contribution in [3.8, 4) is 0 Å². The first kappa shape index (κ1) is 22.1. The van der Waals surface area contributed by atoms with Crippen molar-refractivity contribution in [3.05, 3.63) is 33.9 Å². The van der Waals surface area contributed by atoms with Crippen LogP contribution in [0.5, 0.6) is 0 Å². The summed E-state index contributed by atoms with van der Waals surface area (Å²) in [5.41, 5.74) is 3.00. The lowest BCUT2D eigenvalue weighted by molar-refractivity contribution is 0.0513. The maximum absolute atomic E-state index is 12.0. The third-order valence-electron chi connectivity index (χ3n) is 3.65. The molecule has 8 nitrogen and oxygen atoms in total. The van der Waals surface area contributed by atoms with Crippen molar-refractivity contribution in [2.45, 2.75) is 51.9 Å². The molecule has 0 aliphatic carbocycles. The van der Waals surface area contributed by atoms with Crippen molar-refractivity contribution in [1.29, 1.82) is 0 Å². The first-order valence-electron chi connectivity index (χ1n) is 8.67. The molecule has 0 unspecified atom stereocenters. The summed E-state index contributed by atoms with van der Waals surface area (Å²) < 4.78 is 10.1. The van der Waals surface area contributed by atoms with Crippen LogP contribution in [0.3, 0.4) is 0 Å². The van der Waals surface area contributed by atoms with Crippen LogP contribution in [0.15, 0.2) is 10.3 Å². The first-order valence-corrected chi connectivity index (χ1v) is 10.8. The summed E-state index contributed by atoms with van der Waals surface area (Å²) in [6.45, 7) is 11.1. The molecule has 0 N–H and O–H groups in total. The second-order valence-electron chi connectivity index (χ2n) is 5.71. The second kappa shape index (κ2) is 9.83. The number of aryl methyl sites for hydroxylation is 4. The number of rotatable bonds is 7. The number of esters is 2. The zero-order chi connectivity index (χ0) is 20.8. The van der Waals surface area contributed by atoms with E-state index in [1.54, 1.807) is 41.5 Å². The van der Waals surface area contributed by atoms with E-state index in [4.69, 9.17) is 9.47 Å². The number of ether oxygens (including phenoxy) is 2. The van der Waals surface area contributed by atoms with E-state index in [1.165, 1.54) is 21.6 Å². The quantitative estimate of drug-likeness (QED) is 0.373. The molecule has 2 rings (SSSR count). The van der Waals surface area contributed by atoms with Crippen molar-refractivity contribution in [2.24, 2.45) is 0 Å². The van der Waals surface area contributed by atoms with Crippen LogP contribution >= 0.6 is 21.6 Å². The highest BCUT2D eigenvalue weighted by Crippen LogP contribution is 2.34. The van der Waals surface area contributed by atoms with Gasteiger partial charge in [-0.05, 0) is 63.1 Å². The van der Waals surface area contributed by atoms with Gasteiger partial charge < -0.3 is 9.47 Å². The number of hydrogen-bond donors (Lipinski definition) is 0. The third kappa shape index (κ3) is 5.20. The minimum atomic E-state index is -0.425. The SMILES string of the molecule is CCOC(=O)c1c(C)nc(SSc2nc(C)c(C(=O)OCC)c(C)n2)nc1C. The fraction of sp³-hybridized carbons (Fsp3) is 0.444. The van der Waals surface area contributed by atoms with Gasteiger partial charge in [0.05, 0.1) is 36.0 Å². The van der Waals surface area contributed by atoms with E-state index in [1.807, 2.05) is 0 Å². The van der Waals surface area contributed by atoms with E-state index in [9.17, 15) is 9.59 Å². The van der Waals surface area contributed by atoms with Crippen molar-refractivity contribution in [3.63, 3.8) is 0 Å². The molecule has 0 aliphatic heterocycles. The number of carbonyl (C=O) groups is 2. The molecule has 0 aliphatic rings. The van der Waals surface area contributed by atoms with Gasteiger partial charge in [-0.25, -0.2) is 29.5 Å². The first-order chi connectivity index (χ1) is 13.3. The second-order valence-corrected chi connectivity index (χ2v) is 7.78. The molecule has 150 valence electrons. The largest absolute Gasteiger partial charge is 0.462 e. The third-order valence-corrected chi connectivity index (χ3v) is 5.54. The Hall–Kier alpha value is -2.20. The molecule has 10 heteroatoms. The molecule has 0 spiro atoms. The molecule has 0 aromatic carbocycles. The highest BCUT2D eigenvalue weighted by Gasteiger charge is 2.20. The summed E-state index contributed by atoms with van der Waals surface area (Å²) in [7, 11) is 2.56. The minimum absolute atomic E-state index is 0.294. The van der Waals surface area contributed by atoms with Gasteiger partial charge in [-0.3, -0.25) is 0 Å². The van der Waals surface area contributed by atoms with Crippen molar-refractivity contribution in [1.82, 2.24) is 19.9 Å². The van der Waals surface area contributed by atoms with Crippen LogP contribution in [-0.4, -0.2) is 45.1 Å². The molecule has 0 saturated heterocycles. The predicted molar refractivity (Wildman–Crippen MR) is 107 cm³/mol. The normalized spacial score (nSPS) is 10.6. The molecule has 0 amide bonds. The van der Waals surface area contributed by atoms with E-state index in [-0.39, 0.29) is 0 Å². The van der Waals surface area contributed by atoms with Crippen LogP contribution in [0.1, 0.15) is 57.3 Å². The molecule has 2 aromatic heterocycles. The summed E-state index contributed by atoms with van der Waals surface area (Å²) in [5.74, 6) is -0.850. The molecule has 2 heterocycles. The average Bonchev–Trinajstić information content (AvgIpc) is 2.59. The van der Waals surface area contributed by atoms with Gasteiger partial charge in [0.25, 0.3) is 0 Å². The Bertz CT molecular complexity index is 786. The molecule has 0 saturated carbocycles. The van der Waals surface area contributed by atoms with Crippen molar-refractivity contribution < 1.29 is 19.1 Å². The highest BCUT2D eigenvalue weighted by molar-refractivity contribution is 8.76. The van der Waals surface area contributed by atoms with Gasteiger partial charge in [-0.2, -0.15) is 0 Å². The van der Waals surface area contributed by atoms with Crippen LogP contribution in [0, 0.1) is 27.7 Å². The summed E-state index contributed by atoms with van der Waals surface area (Å²) >= 11 is 0. The van der Waals surface area contributed by atoms with Gasteiger partial charge in [0.1, 0.15) is 11.1 Å². The number of aromatic nitrogens is 4. The number of hydrogen-bond acceptors (Lipinski definition) is 10. The molecular weight excluding hydrogens is 400 g/mol. The standard InChI is InChI=1S/C18H22N4O4S2/c1-7-25-15(23)13-9(3)19-17(20-10(13)4)27-28-18-21-11(5)14(12(6)22-18)16(24)26-8-2/h7-8H2,1-6H3. The van der Waals surface area contributed by atoms with E-state index in [0.717, 1.165) is 0 Å². The zero-order valence-electron chi connectivity index (χ0n) is 16.7. The van der Waals surface area contributed by atoms with E-state index < -0.39 is 11.9 Å². The average molecular weight is 423 g/mol. The van der Waals surface area contributed by atoms with Gasteiger partial charge in [-0.15, -0.1) is 0 Å². The lowest BCUT2D eigenvalue weighted by Crippen LogP contribution is -2.12. The van der Waals surface area contributed by atoms with E-state index in [2.05, 4.69) is 19.9 Å². The number of nitrogens with zero attached hydrogens (tertiary/aromatic N) is 4. The summed E-state index contributed by atoms with van der Waals surface area (Å²) in [6, 6.07) is 0. The smallest absolute Gasteiger partial charge is 0.341 e. The molecule has 0 atom stereocenters. The van der Waals surface area contributed by atoms with Crippen LogP contribution in [0.2, 0.25) is 0 Å². The molecular formula is C18H22N4O4S2. The lowest BCUT2D eigenvalue weighted by atomic mass is 10.2. The van der Waals surface area contributed by atoms with Crippen LogP contribution < -0.4 is 0 Å². The molecule has 0 bridgehead atoms. The van der Waals surface area contributed by atoms with Gasteiger partial charge in [0.2, 0.25) is 0 Å². The van der Waals surface area contributed by atoms with Crippen LogP contribution in [0.25, 0.3) is 0 Å². The monoisotopic (exact) mass is 422 g/mol. The molecule has 28 heavy (non-hydrogen) atoms. The van der Waals surface area contributed by atoms with Gasteiger partial charge in [-0.1, -0.05) is 0 Å². The summed E-state index contributed by atoms with van der Waals surface area (Å²) in [5, 5.41) is 0.975. The molecule has 0 fully saturated rings. The Kier molecular flexibility index (Phi) is 7.76. The maximum atomic E-state index is 12.0. The van der Waals surface area contributed by atoms with Gasteiger partial charge in [0.15, 0.2) is 10.3 Å². The number of carbonyl (C=O) groups excluding carboxylic acids is 2. The lowest BCUT2D eigenvalue weighted by Gasteiger charge is -2.10. The fourth-order valence-electron chi connectivity index (χ4n) is 2.52. The maximum Gasteiger partial charge on any atom is 0.341 e. The Morgan fingerprint density at radius 3 is 1.21 bits per heavy atom. The topological polar surface area (TPSA) is 104 Å². The Balaban J connectivity index is 2.18. The van der Waals surface area contributed by atoms with E-state index in [0.29, 0.717) is 57.4 Å². The highest BCUT2D eigenvalue weighted by atomic mass is 33.1. The fourth-order valence-corrected chi connectivity index (χ4v) is 4.26. The Labute approximate surface area is 171 Å². The van der Waals surface area contributed by atoms with Gasteiger partial charge in [0, 0.05) is 0 Å². The molecule has 2 aromatic rings. The zero-order valence-corrected chi connectivity index (χ0v) is 18.3. The predicted octanol–water partition coefficient (Wildman–Crippen LogP) is 3.65. The summed E-state index contributed by atoms with van der Waals surface area (Å²) in [6.07, 6.45) is 0. The van der Waals surface area contributed by atoms with Gasteiger partial charge >= 0.3 is 11.9 Å². The van der Waals surface area contributed by atoms with Crippen LogP contribution in [0.4, 0.5) is 0 Å². The summed E-state index contributed by atoms with van der Waals surface area (Å²) in [4.78, 5) is 41.5. The van der Waals surface area contributed by atoms with Crippen molar-refractivity contribution >= 4 is 33.5 Å². The minimum Gasteiger partial charge on any atom is -0.462 e. The van der Waals surface area contributed by atoms with E-state index >= 15 is 0 Å². The Morgan fingerprint density at radius 1 is 0.679 bits per heavy atom. The Morgan fingerprint density at radius 2 is 0.964 bits per heavy atom. The molecule has 0 radical (unpaired) electrons.